The molecule has 0 unspecified atom stereocenters. The van der Waals surface area contributed by atoms with Gasteiger partial charge in [0.05, 0.1) is 5.36 Å². The fraction of sp³-hybridized carbons (Fsp3) is 0.0667. The van der Waals surface area contributed by atoms with Crippen molar-refractivity contribution >= 4 is 18.1 Å². The zero-order chi connectivity index (χ0) is 15.9. The predicted octanol–water partition coefficient (Wildman–Crippen LogP) is -0.899. The molecule has 0 fully saturated rings. The monoisotopic (exact) mass is 297 g/mol. The van der Waals surface area contributed by atoms with E-state index in [9.17, 15) is 19.5 Å². The van der Waals surface area contributed by atoms with Crippen LogP contribution in [0.3, 0.4) is 0 Å². The van der Waals surface area contributed by atoms with Gasteiger partial charge in [0.2, 0.25) is 5.88 Å². The Morgan fingerprint density at radius 3 is 2.68 bits per heavy atom. The summed E-state index contributed by atoms with van der Waals surface area (Å²) in [5.41, 5.74) is -0.696. The Balaban J connectivity index is 2.22. The third-order valence-electron chi connectivity index (χ3n) is 3.22. The van der Waals surface area contributed by atoms with E-state index in [4.69, 9.17) is 0 Å². The lowest BCUT2D eigenvalue weighted by Gasteiger charge is -2.04. The van der Waals surface area contributed by atoms with Crippen LogP contribution in [0.15, 0.2) is 38.4 Å². The minimum absolute atomic E-state index is 0.143. The van der Waals surface area contributed by atoms with Crippen molar-refractivity contribution in [1.29, 1.82) is 0 Å². The SMILES string of the molecule is Cc1ccc2c(c1)=NC(=O)/C(=C/c1c(O)[nH]c(=O)[nH]c1=O)C=2. The fourth-order valence-electron chi connectivity index (χ4n) is 2.15. The molecule has 110 valence electrons. The van der Waals surface area contributed by atoms with Crippen LogP contribution < -0.4 is 21.8 Å². The normalized spacial score (nSPS) is 15.1. The number of aromatic amines is 2. The van der Waals surface area contributed by atoms with Gasteiger partial charge in [-0.05, 0) is 30.7 Å². The summed E-state index contributed by atoms with van der Waals surface area (Å²) < 4.78 is 0. The number of nitrogens with one attached hydrogen (secondary N) is 2. The Bertz CT molecular complexity index is 1060. The maximum absolute atomic E-state index is 12.0. The molecular formula is C15H11N3O4. The van der Waals surface area contributed by atoms with Gasteiger partial charge in [0.1, 0.15) is 5.56 Å². The lowest BCUT2D eigenvalue weighted by atomic mass is 10.1. The minimum atomic E-state index is -0.825. The highest BCUT2D eigenvalue weighted by Crippen LogP contribution is 2.13. The molecule has 0 saturated carbocycles. The standard InChI is InChI=1S/C15H11N3O4/c1-7-2-3-8-5-9(12(19)16-11(8)4-7)6-10-13(20)17-15(22)18-14(10)21/h2-6H,1H3,(H3,17,18,20,21,22)/b9-6+. The molecule has 1 aromatic carbocycles. The van der Waals surface area contributed by atoms with Gasteiger partial charge in [-0.15, -0.1) is 0 Å². The summed E-state index contributed by atoms with van der Waals surface area (Å²) in [7, 11) is 0. The van der Waals surface area contributed by atoms with Gasteiger partial charge in [0.15, 0.2) is 0 Å². The Labute approximate surface area is 123 Å². The van der Waals surface area contributed by atoms with Gasteiger partial charge < -0.3 is 5.11 Å². The summed E-state index contributed by atoms with van der Waals surface area (Å²) in [5, 5.41) is 10.9. The molecule has 0 atom stereocenters. The van der Waals surface area contributed by atoms with Gasteiger partial charge in [-0.2, -0.15) is 0 Å². The van der Waals surface area contributed by atoms with Crippen LogP contribution >= 0.6 is 0 Å². The van der Waals surface area contributed by atoms with Crippen molar-refractivity contribution in [2.45, 2.75) is 6.92 Å². The zero-order valence-electron chi connectivity index (χ0n) is 11.5. The third-order valence-corrected chi connectivity index (χ3v) is 3.22. The molecule has 1 aliphatic rings. The van der Waals surface area contributed by atoms with Crippen molar-refractivity contribution in [2.75, 3.05) is 0 Å². The molecule has 1 aliphatic heterocycles. The van der Waals surface area contributed by atoms with E-state index in [0.29, 0.717) is 5.36 Å². The van der Waals surface area contributed by atoms with Crippen LogP contribution in [0.25, 0.3) is 12.2 Å². The minimum Gasteiger partial charge on any atom is -0.494 e. The first kappa shape index (κ1) is 13.7. The number of hydrogen-bond donors (Lipinski definition) is 3. The number of aryl methyl sites for hydroxylation is 1. The number of carbonyl (C=O) groups is 1. The summed E-state index contributed by atoms with van der Waals surface area (Å²) in [5.74, 6) is -1.12. The zero-order valence-corrected chi connectivity index (χ0v) is 11.5. The van der Waals surface area contributed by atoms with E-state index in [2.05, 4.69) is 9.98 Å². The highest BCUT2D eigenvalue weighted by molar-refractivity contribution is 6.07. The van der Waals surface area contributed by atoms with E-state index in [1.54, 1.807) is 12.1 Å². The molecule has 7 nitrogen and oxygen atoms in total. The summed E-state index contributed by atoms with van der Waals surface area (Å²) in [6.07, 6.45) is 2.77. The van der Waals surface area contributed by atoms with Crippen molar-refractivity contribution in [1.82, 2.24) is 9.97 Å². The summed E-state index contributed by atoms with van der Waals surface area (Å²) in [6, 6.07) is 5.47. The fourth-order valence-corrected chi connectivity index (χ4v) is 2.15. The molecule has 3 rings (SSSR count). The molecule has 3 N–H and O–H groups in total. The van der Waals surface area contributed by atoms with Crippen molar-refractivity contribution in [2.24, 2.45) is 4.99 Å². The molecule has 0 spiro atoms. The van der Waals surface area contributed by atoms with Crippen LogP contribution in [-0.4, -0.2) is 21.0 Å². The van der Waals surface area contributed by atoms with Gasteiger partial charge in [0, 0.05) is 10.8 Å². The Hall–Kier alpha value is -3.22. The van der Waals surface area contributed by atoms with Gasteiger partial charge in [-0.3, -0.25) is 19.6 Å². The predicted molar refractivity (Wildman–Crippen MR) is 78.8 cm³/mol. The summed E-state index contributed by atoms with van der Waals surface area (Å²) >= 11 is 0. The lowest BCUT2D eigenvalue weighted by molar-refractivity contribution is -0.114. The number of aromatic hydroxyl groups is 1. The van der Waals surface area contributed by atoms with Crippen molar-refractivity contribution in [3.8, 4) is 5.88 Å². The van der Waals surface area contributed by atoms with E-state index in [1.165, 1.54) is 6.08 Å². The number of nitrogens with zero attached hydrogens (tertiary/aromatic N) is 1. The van der Waals surface area contributed by atoms with Crippen LogP contribution in [0.5, 0.6) is 5.88 Å². The molecule has 22 heavy (non-hydrogen) atoms. The number of amides is 1. The Morgan fingerprint density at radius 1 is 1.18 bits per heavy atom. The van der Waals surface area contributed by atoms with E-state index in [-0.39, 0.29) is 11.1 Å². The first-order chi connectivity index (χ1) is 10.4. The second-order valence-corrected chi connectivity index (χ2v) is 4.89. The van der Waals surface area contributed by atoms with Crippen LogP contribution in [0.1, 0.15) is 11.1 Å². The van der Waals surface area contributed by atoms with Gasteiger partial charge in [-0.25, -0.2) is 9.79 Å². The Kier molecular flexibility index (Phi) is 3.10. The molecule has 0 bridgehead atoms. The Morgan fingerprint density at radius 2 is 1.95 bits per heavy atom. The van der Waals surface area contributed by atoms with Crippen LogP contribution in [-0.2, 0) is 4.79 Å². The molecule has 7 heteroatoms. The maximum atomic E-state index is 12.0. The number of aromatic nitrogens is 2. The van der Waals surface area contributed by atoms with E-state index in [0.717, 1.165) is 10.8 Å². The van der Waals surface area contributed by atoms with Gasteiger partial charge in [0.25, 0.3) is 11.5 Å². The topological polar surface area (TPSA) is 115 Å². The summed E-state index contributed by atoms with van der Waals surface area (Å²) in [6.45, 7) is 1.89. The largest absolute Gasteiger partial charge is 0.494 e. The van der Waals surface area contributed by atoms with Crippen LogP contribution in [0.4, 0.5) is 0 Å². The molecule has 1 amide bonds. The first-order valence-electron chi connectivity index (χ1n) is 6.43. The van der Waals surface area contributed by atoms with Crippen molar-refractivity contribution in [3.63, 3.8) is 0 Å². The molecule has 2 heterocycles. The van der Waals surface area contributed by atoms with Gasteiger partial charge in [-0.1, -0.05) is 12.1 Å². The number of hydrogen-bond acceptors (Lipinski definition) is 4. The number of benzene rings is 1. The van der Waals surface area contributed by atoms with Crippen LogP contribution in [0, 0.1) is 6.92 Å². The van der Waals surface area contributed by atoms with E-state index < -0.39 is 23.0 Å². The second kappa shape index (κ2) is 4.96. The average Bonchev–Trinajstić information content (AvgIpc) is 2.43. The number of carbonyl (C=O) groups excluding carboxylic acids is 1. The maximum Gasteiger partial charge on any atom is 0.328 e. The second-order valence-electron chi connectivity index (χ2n) is 4.89. The smallest absolute Gasteiger partial charge is 0.328 e. The van der Waals surface area contributed by atoms with Crippen LogP contribution in [0.2, 0.25) is 0 Å². The quantitative estimate of drug-likeness (QED) is 0.592. The molecular weight excluding hydrogens is 286 g/mol. The molecule has 1 aromatic heterocycles. The first-order valence-corrected chi connectivity index (χ1v) is 6.43. The average molecular weight is 297 g/mol. The molecule has 2 aromatic rings. The molecule has 0 radical (unpaired) electrons. The van der Waals surface area contributed by atoms with Gasteiger partial charge >= 0.3 is 5.69 Å². The highest BCUT2D eigenvalue weighted by atomic mass is 16.3. The number of fused-ring (bicyclic) bond motifs is 1. The van der Waals surface area contributed by atoms with E-state index >= 15 is 0 Å². The number of H-pyrrole nitrogens is 2. The van der Waals surface area contributed by atoms with Crippen molar-refractivity contribution in [3.05, 3.63) is 66.3 Å². The van der Waals surface area contributed by atoms with Crippen molar-refractivity contribution < 1.29 is 9.90 Å². The van der Waals surface area contributed by atoms with E-state index in [1.807, 2.05) is 24.0 Å². The summed E-state index contributed by atoms with van der Waals surface area (Å²) in [4.78, 5) is 42.8. The molecule has 0 saturated heterocycles. The third kappa shape index (κ3) is 2.39. The molecule has 0 aliphatic carbocycles. The lowest BCUT2D eigenvalue weighted by Crippen LogP contribution is -2.31. The highest BCUT2D eigenvalue weighted by Gasteiger charge is 2.13. The number of rotatable bonds is 1.